The van der Waals surface area contributed by atoms with Crippen molar-refractivity contribution in [2.75, 3.05) is 0 Å². The van der Waals surface area contributed by atoms with Gasteiger partial charge in [-0.3, -0.25) is 9.59 Å². The first kappa shape index (κ1) is 15.9. The van der Waals surface area contributed by atoms with Crippen LogP contribution in [0, 0.1) is 13.8 Å². The van der Waals surface area contributed by atoms with Gasteiger partial charge in [0.05, 0.1) is 0 Å². The molecule has 0 bridgehead atoms. The van der Waals surface area contributed by atoms with Crippen LogP contribution in [0.2, 0.25) is 0 Å². The van der Waals surface area contributed by atoms with Gasteiger partial charge in [-0.1, -0.05) is 36.2 Å². The topological polar surface area (TPSA) is 63.4 Å². The summed E-state index contributed by atoms with van der Waals surface area (Å²) in [5.74, 6) is 4.72. The van der Waals surface area contributed by atoms with Gasteiger partial charge in [-0.25, -0.2) is 10.9 Å². The summed E-state index contributed by atoms with van der Waals surface area (Å²) in [4.78, 5) is 24.7. The average molecular weight is 296 g/mol. The Morgan fingerprint density at radius 1 is 0.909 bits per heavy atom. The van der Waals surface area contributed by atoms with Crippen molar-refractivity contribution in [3.8, 4) is 0 Å². The first-order chi connectivity index (χ1) is 10.4. The lowest BCUT2D eigenvalue weighted by molar-refractivity contribution is 0.0615. The van der Waals surface area contributed by atoms with Crippen LogP contribution in [0.3, 0.4) is 0 Å². The van der Waals surface area contributed by atoms with Crippen LogP contribution in [0.4, 0.5) is 0 Å². The molecule has 4 heteroatoms. The molecular formula is C18H20N2O2. The van der Waals surface area contributed by atoms with E-state index in [-0.39, 0.29) is 0 Å². The Bertz CT molecular complexity index is 685. The lowest BCUT2D eigenvalue weighted by Crippen LogP contribution is -2.42. The molecule has 0 saturated carbocycles. The zero-order valence-corrected chi connectivity index (χ0v) is 13.1. The molecule has 0 aliphatic carbocycles. The summed E-state index contributed by atoms with van der Waals surface area (Å²) in [5.41, 5.74) is 3.85. The maximum absolute atomic E-state index is 12.4. The van der Waals surface area contributed by atoms with Gasteiger partial charge >= 0.3 is 0 Å². The zero-order chi connectivity index (χ0) is 16.3. The third-order valence-electron chi connectivity index (χ3n) is 3.52. The number of hydrogen-bond donors (Lipinski definition) is 1. The molecule has 0 fully saturated rings. The second-order valence-corrected chi connectivity index (χ2v) is 5.41. The second kappa shape index (κ2) is 6.54. The van der Waals surface area contributed by atoms with Crippen molar-refractivity contribution in [3.05, 3.63) is 70.3 Å². The minimum absolute atomic E-state index is 0.400. The Hall–Kier alpha value is -2.46. The van der Waals surface area contributed by atoms with Crippen LogP contribution < -0.4 is 5.84 Å². The highest BCUT2D eigenvalue weighted by atomic mass is 16.2. The van der Waals surface area contributed by atoms with Gasteiger partial charge in [0.25, 0.3) is 11.8 Å². The number of carbonyl (C=O) groups excluding carboxylic acids is 2. The summed E-state index contributed by atoms with van der Waals surface area (Å²) in [6.07, 6.45) is 0.891. The van der Waals surface area contributed by atoms with Crippen molar-refractivity contribution in [2.24, 2.45) is 5.84 Å². The minimum Gasteiger partial charge on any atom is -0.267 e. The molecule has 0 heterocycles. The van der Waals surface area contributed by atoms with Crippen molar-refractivity contribution in [1.29, 1.82) is 0 Å². The lowest BCUT2D eigenvalue weighted by atomic mass is 10.1. The molecule has 0 atom stereocenters. The standard InChI is InChI=1S/C18H20N2O2/c1-4-14-5-7-15(8-6-14)17(21)20(19)18(22)16-10-12(2)9-13(3)11-16/h5-11H,4,19H2,1-3H3. The lowest BCUT2D eigenvalue weighted by Gasteiger charge is -2.15. The Morgan fingerprint density at radius 3 is 1.91 bits per heavy atom. The van der Waals surface area contributed by atoms with E-state index in [9.17, 15) is 9.59 Å². The smallest absolute Gasteiger partial charge is 0.267 e. The van der Waals surface area contributed by atoms with E-state index in [4.69, 9.17) is 5.84 Å². The third kappa shape index (κ3) is 3.40. The Labute approximate surface area is 130 Å². The summed E-state index contributed by atoms with van der Waals surface area (Å²) in [7, 11) is 0. The van der Waals surface area contributed by atoms with Crippen LogP contribution in [0.1, 0.15) is 44.3 Å². The summed E-state index contributed by atoms with van der Waals surface area (Å²) in [6, 6.07) is 12.5. The molecule has 2 rings (SSSR count). The van der Waals surface area contributed by atoms with E-state index in [1.54, 1.807) is 24.3 Å². The van der Waals surface area contributed by atoms with Gasteiger partial charge in [0, 0.05) is 11.1 Å². The van der Waals surface area contributed by atoms with Crippen LogP contribution in [-0.2, 0) is 6.42 Å². The molecule has 22 heavy (non-hydrogen) atoms. The fourth-order valence-electron chi connectivity index (χ4n) is 2.35. The first-order valence-electron chi connectivity index (χ1n) is 7.23. The van der Waals surface area contributed by atoms with E-state index in [2.05, 4.69) is 0 Å². The zero-order valence-electron chi connectivity index (χ0n) is 13.1. The monoisotopic (exact) mass is 296 g/mol. The third-order valence-corrected chi connectivity index (χ3v) is 3.52. The van der Waals surface area contributed by atoms with Crippen molar-refractivity contribution in [2.45, 2.75) is 27.2 Å². The highest BCUT2D eigenvalue weighted by molar-refractivity contribution is 6.09. The average Bonchev–Trinajstić information content (AvgIpc) is 2.52. The predicted octanol–water partition coefficient (Wildman–Crippen LogP) is 3.02. The Balaban J connectivity index is 2.23. The molecule has 0 aromatic heterocycles. The molecule has 0 spiro atoms. The Morgan fingerprint density at radius 2 is 1.41 bits per heavy atom. The molecule has 2 aromatic carbocycles. The molecule has 0 radical (unpaired) electrons. The van der Waals surface area contributed by atoms with E-state index >= 15 is 0 Å². The summed E-state index contributed by atoms with van der Waals surface area (Å²) >= 11 is 0. The number of carbonyl (C=O) groups is 2. The van der Waals surface area contributed by atoms with E-state index in [0.29, 0.717) is 16.1 Å². The number of hydrogen-bond acceptors (Lipinski definition) is 3. The van der Waals surface area contributed by atoms with E-state index in [0.717, 1.165) is 23.1 Å². The minimum atomic E-state index is -0.508. The number of nitrogens with two attached hydrogens (primary N) is 1. The molecule has 2 aromatic rings. The number of nitrogens with zero attached hydrogens (tertiary/aromatic N) is 1. The maximum atomic E-state index is 12.4. The van der Waals surface area contributed by atoms with Crippen molar-refractivity contribution >= 4 is 11.8 Å². The number of aryl methyl sites for hydroxylation is 3. The second-order valence-electron chi connectivity index (χ2n) is 5.41. The predicted molar refractivity (Wildman–Crippen MR) is 86.4 cm³/mol. The summed E-state index contributed by atoms with van der Waals surface area (Å²) in [6.45, 7) is 5.83. The number of imide groups is 1. The summed E-state index contributed by atoms with van der Waals surface area (Å²) in [5, 5.41) is 0.676. The van der Waals surface area contributed by atoms with Gasteiger partial charge in [-0.05, 0) is 50.1 Å². The van der Waals surface area contributed by atoms with Gasteiger partial charge in [0.15, 0.2) is 0 Å². The van der Waals surface area contributed by atoms with E-state index in [1.165, 1.54) is 0 Å². The van der Waals surface area contributed by atoms with Crippen LogP contribution in [-0.4, -0.2) is 16.8 Å². The van der Waals surface area contributed by atoms with Gasteiger partial charge in [0.2, 0.25) is 0 Å². The van der Waals surface area contributed by atoms with Crippen LogP contribution in [0.15, 0.2) is 42.5 Å². The first-order valence-corrected chi connectivity index (χ1v) is 7.23. The summed E-state index contributed by atoms with van der Waals surface area (Å²) < 4.78 is 0. The highest BCUT2D eigenvalue weighted by Crippen LogP contribution is 2.13. The van der Waals surface area contributed by atoms with Crippen molar-refractivity contribution < 1.29 is 9.59 Å². The molecule has 2 amide bonds. The molecule has 0 unspecified atom stereocenters. The quantitative estimate of drug-likeness (QED) is 0.410. The number of rotatable bonds is 3. The normalized spacial score (nSPS) is 10.4. The van der Waals surface area contributed by atoms with Crippen LogP contribution in [0.5, 0.6) is 0 Å². The maximum Gasteiger partial charge on any atom is 0.275 e. The van der Waals surface area contributed by atoms with E-state index < -0.39 is 11.8 Å². The van der Waals surface area contributed by atoms with Gasteiger partial charge < -0.3 is 0 Å². The number of amides is 2. The molecule has 4 nitrogen and oxygen atoms in total. The molecule has 114 valence electrons. The SMILES string of the molecule is CCc1ccc(C(=O)N(N)C(=O)c2cc(C)cc(C)c2)cc1. The molecule has 2 N–H and O–H groups in total. The number of hydrazine groups is 1. The highest BCUT2D eigenvalue weighted by Gasteiger charge is 2.21. The van der Waals surface area contributed by atoms with Crippen molar-refractivity contribution in [1.82, 2.24) is 5.01 Å². The van der Waals surface area contributed by atoms with Crippen LogP contribution in [0.25, 0.3) is 0 Å². The van der Waals surface area contributed by atoms with Gasteiger partial charge in [0.1, 0.15) is 0 Å². The Kier molecular flexibility index (Phi) is 4.73. The van der Waals surface area contributed by atoms with Crippen LogP contribution >= 0.6 is 0 Å². The molecule has 0 aliphatic rings. The largest absolute Gasteiger partial charge is 0.275 e. The van der Waals surface area contributed by atoms with Gasteiger partial charge in [-0.2, -0.15) is 0 Å². The number of benzene rings is 2. The fraction of sp³-hybridized carbons (Fsp3) is 0.222. The van der Waals surface area contributed by atoms with Gasteiger partial charge in [-0.15, -0.1) is 0 Å². The molecule has 0 saturated heterocycles. The van der Waals surface area contributed by atoms with E-state index in [1.807, 2.05) is 39.0 Å². The molecule has 0 aliphatic heterocycles. The fourth-order valence-corrected chi connectivity index (χ4v) is 2.35. The molecular weight excluding hydrogens is 276 g/mol. The van der Waals surface area contributed by atoms with Crippen molar-refractivity contribution in [3.63, 3.8) is 0 Å².